The molecule has 0 unspecified atom stereocenters. The molecule has 0 saturated carbocycles. The highest BCUT2D eigenvalue weighted by Gasteiger charge is 2.60. The number of amides is 1. The van der Waals surface area contributed by atoms with Gasteiger partial charge in [0, 0.05) is 17.9 Å². The number of esters is 1. The first-order chi connectivity index (χ1) is 12.4. The molecule has 3 rings (SSSR count). The molecular formula is C16H15N3O5S2. The molecule has 0 radical (unpaired) electrons. The molecule has 136 valence electrons. The van der Waals surface area contributed by atoms with E-state index in [0.29, 0.717) is 17.7 Å². The first-order valence-corrected chi connectivity index (χ1v) is 9.62. The van der Waals surface area contributed by atoms with Crippen LogP contribution in [0.25, 0.3) is 0 Å². The second kappa shape index (κ2) is 7.17. The second-order valence-electron chi connectivity index (χ2n) is 6.20. The summed E-state index contributed by atoms with van der Waals surface area (Å²) in [5, 5.41) is 21.5. The molecule has 26 heavy (non-hydrogen) atoms. The van der Waals surface area contributed by atoms with Crippen molar-refractivity contribution in [3.8, 4) is 5.40 Å². The Morgan fingerprint density at radius 1 is 1.54 bits per heavy atom. The van der Waals surface area contributed by atoms with Crippen LogP contribution in [-0.4, -0.2) is 43.6 Å². The van der Waals surface area contributed by atoms with Crippen molar-refractivity contribution in [1.82, 2.24) is 4.90 Å². The summed E-state index contributed by atoms with van der Waals surface area (Å²) >= 11 is 2.58. The van der Waals surface area contributed by atoms with Crippen LogP contribution in [0.5, 0.6) is 0 Å². The second-order valence-corrected chi connectivity index (χ2v) is 8.68. The Hall–Kier alpha value is -2.25. The van der Waals surface area contributed by atoms with E-state index in [1.807, 2.05) is 12.3 Å². The minimum atomic E-state index is -0.738. The number of thioether (sulfide) groups is 2. The summed E-state index contributed by atoms with van der Waals surface area (Å²) in [4.78, 5) is 36.3. The number of thiocyanates is 1. The molecule has 0 bridgehead atoms. The zero-order valence-corrected chi connectivity index (χ0v) is 15.4. The molecule has 8 nitrogen and oxygen atoms in total. The fourth-order valence-corrected chi connectivity index (χ4v) is 5.58. The van der Waals surface area contributed by atoms with Gasteiger partial charge in [-0.2, -0.15) is 5.26 Å². The lowest BCUT2D eigenvalue weighted by Crippen LogP contribution is -2.58. The number of hydrogen-bond acceptors (Lipinski definition) is 8. The number of nitro benzene ring substituents is 1. The van der Waals surface area contributed by atoms with Crippen molar-refractivity contribution in [2.75, 3.05) is 5.75 Å². The van der Waals surface area contributed by atoms with Crippen LogP contribution in [-0.2, 0) is 20.9 Å². The minimum Gasteiger partial charge on any atom is -0.459 e. The molecule has 2 aliphatic heterocycles. The highest BCUT2D eigenvalue weighted by atomic mass is 32.2. The normalized spacial score (nSPS) is 26.6. The van der Waals surface area contributed by atoms with Crippen LogP contribution in [0.3, 0.4) is 0 Å². The number of rotatable bonds is 6. The monoisotopic (exact) mass is 393 g/mol. The topological polar surface area (TPSA) is 114 Å². The number of non-ortho nitro benzene ring substituents is 1. The summed E-state index contributed by atoms with van der Waals surface area (Å²) in [6.45, 7) is 1.83. The first kappa shape index (κ1) is 18.5. The zero-order chi connectivity index (χ0) is 18.9. The van der Waals surface area contributed by atoms with Gasteiger partial charge in [0.05, 0.1) is 21.5 Å². The minimum absolute atomic E-state index is 0.0356. The average Bonchev–Trinajstić information content (AvgIpc) is 2.86. The van der Waals surface area contributed by atoms with E-state index in [0.717, 1.165) is 11.8 Å². The summed E-state index contributed by atoms with van der Waals surface area (Å²) in [5.41, 5.74) is 0.580. The fraction of sp³-hybridized carbons (Fsp3) is 0.438. The molecule has 0 aromatic heterocycles. The Kier molecular flexibility index (Phi) is 5.11. The summed E-state index contributed by atoms with van der Waals surface area (Å²) in [5.74, 6) is -0.205. The number of nitro groups is 1. The third-order valence-corrected chi connectivity index (χ3v) is 7.01. The van der Waals surface area contributed by atoms with Crippen LogP contribution in [0.15, 0.2) is 24.3 Å². The van der Waals surface area contributed by atoms with Crippen molar-refractivity contribution in [2.24, 2.45) is 0 Å². The molecule has 2 saturated heterocycles. The average molecular weight is 393 g/mol. The molecule has 2 fully saturated rings. The molecule has 0 aliphatic carbocycles. The lowest BCUT2D eigenvalue weighted by molar-refractivity contribution is -0.384. The molecule has 3 atom stereocenters. The number of carbonyl (C=O) groups is 2. The van der Waals surface area contributed by atoms with Crippen molar-refractivity contribution in [3.05, 3.63) is 39.9 Å². The van der Waals surface area contributed by atoms with Crippen LogP contribution in [0.2, 0.25) is 0 Å². The molecule has 2 aliphatic rings. The molecule has 10 heteroatoms. The molecule has 1 amide bonds. The standard InChI is InChI=1S/C16H15N3O5S2/c1-16(8-25-9-17)14(18-12(20)6-13(18)26-16)15(21)24-7-10-2-4-11(5-3-10)19(22)23/h2-5,13-14H,6-8H2,1H3/t13-,14+,16+/m1/s1. The molecule has 0 N–H and O–H groups in total. The van der Waals surface area contributed by atoms with Crippen molar-refractivity contribution in [2.45, 2.75) is 36.1 Å². The van der Waals surface area contributed by atoms with Crippen molar-refractivity contribution in [3.63, 3.8) is 0 Å². The summed E-state index contributed by atoms with van der Waals surface area (Å²) in [6, 6.07) is 5.00. The number of hydrogen-bond donors (Lipinski definition) is 0. The number of nitriles is 1. The maximum absolute atomic E-state index is 12.7. The Bertz CT molecular complexity index is 794. The number of nitrogens with zero attached hydrogens (tertiary/aromatic N) is 3. The number of benzene rings is 1. The largest absolute Gasteiger partial charge is 0.459 e. The Labute approximate surface area is 158 Å². The van der Waals surface area contributed by atoms with Crippen molar-refractivity contribution in [1.29, 1.82) is 5.26 Å². The van der Waals surface area contributed by atoms with Gasteiger partial charge in [-0.05, 0) is 36.4 Å². The summed E-state index contributed by atoms with van der Waals surface area (Å²) < 4.78 is 4.79. The van der Waals surface area contributed by atoms with E-state index in [-0.39, 0.29) is 23.6 Å². The van der Waals surface area contributed by atoms with Gasteiger partial charge < -0.3 is 9.64 Å². The highest BCUT2D eigenvalue weighted by Crippen LogP contribution is 2.52. The Morgan fingerprint density at radius 3 is 2.81 bits per heavy atom. The van der Waals surface area contributed by atoms with Gasteiger partial charge in [0.2, 0.25) is 5.91 Å². The van der Waals surface area contributed by atoms with E-state index in [9.17, 15) is 19.7 Å². The van der Waals surface area contributed by atoms with Gasteiger partial charge in [-0.3, -0.25) is 14.9 Å². The van der Waals surface area contributed by atoms with Gasteiger partial charge in [-0.25, -0.2) is 4.79 Å². The van der Waals surface area contributed by atoms with Crippen LogP contribution in [0, 0.1) is 20.8 Å². The lowest BCUT2D eigenvalue weighted by atomic mass is 9.98. The number of fused-ring (bicyclic) bond motifs is 1. The number of ether oxygens (including phenoxy) is 1. The van der Waals surface area contributed by atoms with Gasteiger partial charge in [0.1, 0.15) is 18.0 Å². The van der Waals surface area contributed by atoms with E-state index in [1.54, 1.807) is 4.90 Å². The molecule has 2 heterocycles. The number of β-lactam (4-membered cyclic amide) rings is 1. The van der Waals surface area contributed by atoms with E-state index < -0.39 is 21.7 Å². The van der Waals surface area contributed by atoms with E-state index >= 15 is 0 Å². The van der Waals surface area contributed by atoms with Gasteiger partial charge in [-0.15, -0.1) is 11.8 Å². The van der Waals surface area contributed by atoms with E-state index in [1.165, 1.54) is 36.0 Å². The van der Waals surface area contributed by atoms with Crippen LogP contribution in [0.1, 0.15) is 18.9 Å². The predicted octanol–water partition coefficient (Wildman–Crippen LogP) is 2.28. The summed E-state index contributed by atoms with van der Waals surface area (Å²) in [7, 11) is 0. The smallest absolute Gasteiger partial charge is 0.330 e. The SMILES string of the molecule is C[C@@]1(CSC#N)S[C@@H]2CC(=O)N2[C@H]1C(=O)OCc1ccc([N+](=O)[O-])cc1. The lowest BCUT2D eigenvalue weighted by Gasteiger charge is -2.37. The van der Waals surface area contributed by atoms with Crippen LogP contribution >= 0.6 is 23.5 Å². The zero-order valence-electron chi connectivity index (χ0n) is 13.8. The number of carbonyl (C=O) groups excluding carboxylic acids is 2. The predicted molar refractivity (Wildman–Crippen MR) is 96.0 cm³/mol. The van der Waals surface area contributed by atoms with E-state index in [4.69, 9.17) is 10.00 Å². The maximum Gasteiger partial charge on any atom is 0.330 e. The van der Waals surface area contributed by atoms with Crippen LogP contribution in [0.4, 0.5) is 5.69 Å². The first-order valence-electron chi connectivity index (χ1n) is 7.75. The highest BCUT2D eigenvalue weighted by molar-refractivity contribution is 8.06. The third-order valence-electron chi connectivity index (χ3n) is 4.38. The molecule has 0 spiro atoms. The quantitative estimate of drug-likeness (QED) is 0.238. The Balaban J connectivity index is 1.69. The van der Waals surface area contributed by atoms with E-state index in [2.05, 4.69) is 0 Å². The Morgan fingerprint density at radius 2 is 2.23 bits per heavy atom. The van der Waals surface area contributed by atoms with Gasteiger partial charge in [0.15, 0.2) is 0 Å². The van der Waals surface area contributed by atoms with Gasteiger partial charge in [0.25, 0.3) is 5.69 Å². The maximum atomic E-state index is 12.7. The third kappa shape index (κ3) is 3.37. The molecular weight excluding hydrogens is 378 g/mol. The molecule has 1 aromatic carbocycles. The molecule has 1 aromatic rings. The van der Waals surface area contributed by atoms with Crippen molar-refractivity contribution >= 4 is 41.1 Å². The fourth-order valence-electron chi connectivity index (χ4n) is 3.08. The summed E-state index contributed by atoms with van der Waals surface area (Å²) in [6.07, 6.45) is 0.392. The van der Waals surface area contributed by atoms with Crippen molar-refractivity contribution < 1.29 is 19.2 Å². The van der Waals surface area contributed by atoms with Gasteiger partial charge in [-0.1, -0.05) is 0 Å². The van der Waals surface area contributed by atoms with Crippen LogP contribution < -0.4 is 0 Å². The van der Waals surface area contributed by atoms with Gasteiger partial charge >= 0.3 is 5.97 Å².